The van der Waals surface area contributed by atoms with Gasteiger partial charge in [-0.15, -0.1) is 19.2 Å². The van der Waals surface area contributed by atoms with Gasteiger partial charge >= 0.3 is 0 Å². The summed E-state index contributed by atoms with van der Waals surface area (Å²) in [6.07, 6.45) is 6.81. The standard InChI is InChI=1S/C11H10N2.V.W/c1-3-9(2)10-8-12-13-7-5-4-6-11(10)13;;/h3-7H,2H2,1H3;;/q-2;;. The number of rotatable bonds is 2. The molecule has 0 aromatic carbocycles. The van der Waals surface area contributed by atoms with Gasteiger partial charge in [0.15, 0.2) is 0 Å². The molecule has 0 bridgehead atoms. The number of hydrogen-bond donors (Lipinski definition) is 0. The van der Waals surface area contributed by atoms with Gasteiger partial charge in [0.25, 0.3) is 0 Å². The SMILES string of the molecule is C=C([CH-]C)c1[c-]nn2ccccc12.[V].[W]. The van der Waals surface area contributed by atoms with Gasteiger partial charge in [-0.25, -0.2) is 6.42 Å². The third-order valence-corrected chi connectivity index (χ3v) is 2.03. The molecule has 0 atom stereocenters. The van der Waals surface area contributed by atoms with Crippen molar-refractivity contribution in [1.29, 1.82) is 0 Å². The van der Waals surface area contributed by atoms with Crippen LogP contribution in [0.5, 0.6) is 0 Å². The van der Waals surface area contributed by atoms with Crippen LogP contribution in [0, 0.1) is 12.6 Å². The minimum atomic E-state index is 0. The summed E-state index contributed by atoms with van der Waals surface area (Å²) in [5, 5.41) is 4.10. The van der Waals surface area contributed by atoms with E-state index in [1.165, 1.54) is 0 Å². The zero-order chi connectivity index (χ0) is 9.26. The van der Waals surface area contributed by atoms with Gasteiger partial charge < -0.3 is 4.52 Å². The van der Waals surface area contributed by atoms with Gasteiger partial charge in [-0.05, 0) is 6.07 Å². The van der Waals surface area contributed by atoms with Gasteiger partial charge in [0, 0.05) is 45.8 Å². The smallest absolute Gasteiger partial charge is 0.0126 e. The fraction of sp³-hybridized carbons (Fsp3) is 0.0909. The Morgan fingerprint density at radius 3 is 2.93 bits per heavy atom. The van der Waals surface area contributed by atoms with Crippen LogP contribution in [-0.2, 0) is 39.6 Å². The molecular weight excluding hydrogens is 395 g/mol. The van der Waals surface area contributed by atoms with Crippen molar-refractivity contribution >= 4 is 11.1 Å². The summed E-state index contributed by atoms with van der Waals surface area (Å²) in [7, 11) is 0. The number of allylic oxidation sites excluding steroid dienone is 1. The number of nitrogens with zero attached hydrogens (tertiary/aromatic N) is 2. The zero-order valence-electron chi connectivity index (χ0n) is 8.34. The molecule has 2 heterocycles. The van der Waals surface area contributed by atoms with Crippen LogP contribution in [0.25, 0.3) is 11.1 Å². The fourth-order valence-electron chi connectivity index (χ4n) is 1.26. The summed E-state index contributed by atoms with van der Waals surface area (Å²) in [5.41, 5.74) is 2.98. The van der Waals surface area contributed by atoms with Crippen molar-refractivity contribution in [3.05, 3.63) is 49.2 Å². The monoisotopic (exact) mass is 405 g/mol. The topological polar surface area (TPSA) is 17.3 Å². The number of pyridine rings is 1. The molecular formula is C11H10N2VW-2. The maximum atomic E-state index is 4.10. The van der Waals surface area contributed by atoms with Crippen LogP contribution in [0.4, 0.5) is 0 Å². The second kappa shape index (κ2) is 6.22. The Balaban J connectivity index is 0.000000980. The van der Waals surface area contributed by atoms with Crippen molar-refractivity contribution in [1.82, 2.24) is 9.61 Å². The summed E-state index contributed by atoms with van der Waals surface area (Å²) in [6, 6.07) is 5.93. The quantitative estimate of drug-likeness (QED) is 0.702. The molecule has 2 rings (SSSR count). The molecule has 15 heavy (non-hydrogen) atoms. The Labute approximate surface area is 116 Å². The Morgan fingerprint density at radius 1 is 1.53 bits per heavy atom. The largest absolute Gasteiger partial charge is 0.319 e. The van der Waals surface area contributed by atoms with Gasteiger partial charge in [0.1, 0.15) is 0 Å². The average Bonchev–Trinajstić information content (AvgIpc) is 2.60. The van der Waals surface area contributed by atoms with Crippen LogP contribution in [0.3, 0.4) is 0 Å². The number of hydrogen-bond acceptors (Lipinski definition) is 1. The predicted molar refractivity (Wildman–Crippen MR) is 53.0 cm³/mol. The third-order valence-electron chi connectivity index (χ3n) is 2.03. The maximum absolute atomic E-state index is 4.10. The molecule has 77 valence electrons. The van der Waals surface area contributed by atoms with Crippen molar-refractivity contribution in [2.45, 2.75) is 6.92 Å². The first-order chi connectivity index (χ1) is 6.33. The van der Waals surface area contributed by atoms with E-state index >= 15 is 0 Å². The molecule has 0 saturated carbocycles. The predicted octanol–water partition coefficient (Wildman–Crippen LogP) is 2.37. The third kappa shape index (κ3) is 2.78. The Kier molecular flexibility index (Phi) is 6.04. The van der Waals surface area contributed by atoms with E-state index in [1.807, 2.05) is 37.7 Å². The van der Waals surface area contributed by atoms with E-state index in [2.05, 4.69) is 17.9 Å². The van der Waals surface area contributed by atoms with Crippen molar-refractivity contribution in [2.24, 2.45) is 0 Å². The van der Waals surface area contributed by atoms with E-state index in [0.29, 0.717) is 0 Å². The molecule has 4 heteroatoms. The molecule has 2 aromatic heterocycles. The average molecular weight is 405 g/mol. The van der Waals surface area contributed by atoms with Crippen molar-refractivity contribution in [3.63, 3.8) is 0 Å². The first-order valence-electron chi connectivity index (χ1n) is 4.16. The molecule has 2 nitrogen and oxygen atoms in total. The second-order valence-corrected chi connectivity index (χ2v) is 2.83. The Hall–Kier alpha value is -0.427. The van der Waals surface area contributed by atoms with Gasteiger partial charge in [-0.2, -0.15) is 0 Å². The first-order valence-corrected chi connectivity index (χ1v) is 4.16. The number of aromatic nitrogens is 2. The van der Waals surface area contributed by atoms with Crippen molar-refractivity contribution < 1.29 is 39.6 Å². The van der Waals surface area contributed by atoms with Crippen molar-refractivity contribution in [3.8, 4) is 0 Å². The molecule has 0 amide bonds. The molecule has 0 aliphatic heterocycles. The van der Waals surface area contributed by atoms with E-state index in [4.69, 9.17) is 0 Å². The van der Waals surface area contributed by atoms with Gasteiger partial charge in [0.2, 0.25) is 0 Å². The summed E-state index contributed by atoms with van der Waals surface area (Å²) in [5.74, 6) is 0. The Bertz CT molecular complexity index is 451. The molecule has 0 saturated heterocycles. The Morgan fingerprint density at radius 2 is 2.27 bits per heavy atom. The fourth-order valence-corrected chi connectivity index (χ4v) is 1.26. The molecule has 0 N–H and O–H groups in total. The molecule has 0 aliphatic rings. The van der Waals surface area contributed by atoms with Crippen LogP contribution < -0.4 is 0 Å². The van der Waals surface area contributed by atoms with Crippen LogP contribution >= 0.6 is 0 Å². The maximum Gasteiger partial charge on any atom is 0.0126 e. The normalized spacial score (nSPS) is 8.87. The molecule has 0 spiro atoms. The van der Waals surface area contributed by atoms with E-state index in [-0.39, 0.29) is 39.6 Å². The second-order valence-electron chi connectivity index (χ2n) is 2.83. The molecule has 0 fully saturated rings. The van der Waals surface area contributed by atoms with Crippen LogP contribution in [-0.4, -0.2) is 9.61 Å². The van der Waals surface area contributed by atoms with E-state index in [9.17, 15) is 0 Å². The molecule has 1 radical (unpaired) electrons. The minimum Gasteiger partial charge on any atom is -0.319 e. The van der Waals surface area contributed by atoms with Crippen LogP contribution in [0.15, 0.2) is 31.0 Å². The first kappa shape index (κ1) is 14.6. The van der Waals surface area contributed by atoms with Gasteiger partial charge in [-0.1, -0.05) is 11.6 Å². The van der Waals surface area contributed by atoms with Gasteiger partial charge in [-0.3, -0.25) is 22.8 Å². The van der Waals surface area contributed by atoms with Gasteiger partial charge in [0.05, 0.1) is 0 Å². The van der Waals surface area contributed by atoms with E-state index in [1.54, 1.807) is 4.52 Å². The number of fused-ring (bicyclic) bond motifs is 1. The summed E-state index contributed by atoms with van der Waals surface area (Å²) in [4.78, 5) is 0. The van der Waals surface area contributed by atoms with Crippen molar-refractivity contribution in [2.75, 3.05) is 0 Å². The molecule has 0 unspecified atom stereocenters. The molecule has 2 aromatic rings. The summed E-state index contributed by atoms with van der Waals surface area (Å²) < 4.78 is 1.80. The summed E-state index contributed by atoms with van der Waals surface area (Å²) in [6.45, 7) is 5.89. The minimum absolute atomic E-state index is 0. The van der Waals surface area contributed by atoms with Crippen LogP contribution in [0.1, 0.15) is 12.5 Å². The zero-order valence-corrected chi connectivity index (χ0v) is 12.7. The van der Waals surface area contributed by atoms with E-state index in [0.717, 1.165) is 16.7 Å². The molecule has 0 aliphatic carbocycles. The summed E-state index contributed by atoms with van der Waals surface area (Å²) >= 11 is 0. The van der Waals surface area contributed by atoms with E-state index < -0.39 is 0 Å². The van der Waals surface area contributed by atoms with Crippen LogP contribution in [0.2, 0.25) is 0 Å².